The van der Waals surface area contributed by atoms with Crippen LogP contribution in [0.1, 0.15) is 12.0 Å². The Morgan fingerprint density at radius 1 is 1.31 bits per heavy atom. The fraction of sp³-hybridized carbons (Fsp3) is 0.538. The number of nitrogen functional groups attached to an aromatic ring is 1. The molecule has 0 aliphatic carbocycles. The maximum absolute atomic E-state index is 5.80. The number of hydrogen-bond donors (Lipinski definition) is 1. The molecule has 2 aliphatic rings. The van der Waals surface area contributed by atoms with Crippen molar-refractivity contribution >= 4 is 5.69 Å². The minimum absolute atomic E-state index is 0.761. The van der Waals surface area contributed by atoms with Crippen LogP contribution in [-0.4, -0.2) is 42.0 Å². The molecule has 2 bridgehead atoms. The smallest absolute Gasteiger partial charge is 0.0317 e. The molecule has 2 heterocycles. The fourth-order valence-electron chi connectivity index (χ4n) is 3.07. The largest absolute Gasteiger partial charge is 0.399 e. The van der Waals surface area contributed by atoms with Crippen molar-refractivity contribution in [3.63, 3.8) is 0 Å². The van der Waals surface area contributed by atoms with Gasteiger partial charge in [-0.25, -0.2) is 0 Å². The molecule has 0 saturated carbocycles. The zero-order chi connectivity index (χ0) is 11.1. The maximum atomic E-state index is 5.80. The Bertz CT molecular complexity index is 389. The molecule has 0 spiro atoms. The first-order valence-corrected chi connectivity index (χ1v) is 6.01. The van der Waals surface area contributed by atoms with Crippen LogP contribution in [0.5, 0.6) is 0 Å². The van der Waals surface area contributed by atoms with Crippen LogP contribution in [0.25, 0.3) is 0 Å². The van der Waals surface area contributed by atoms with Crippen molar-refractivity contribution in [2.24, 2.45) is 0 Å². The number of nitrogens with two attached hydrogens (primary N) is 1. The van der Waals surface area contributed by atoms with Crippen LogP contribution in [0.4, 0.5) is 5.69 Å². The average Bonchev–Trinajstić information content (AvgIpc) is 2.76. The summed E-state index contributed by atoms with van der Waals surface area (Å²) in [5.41, 5.74) is 8.02. The summed E-state index contributed by atoms with van der Waals surface area (Å²) in [6, 6.07) is 9.81. The van der Waals surface area contributed by atoms with Crippen LogP contribution in [0.3, 0.4) is 0 Å². The summed E-state index contributed by atoms with van der Waals surface area (Å²) in [5.74, 6) is 0. The van der Waals surface area contributed by atoms with E-state index in [2.05, 4.69) is 29.0 Å². The molecule has 2 unspecified atom stereocenters. The third-order valence-corrected chi connectivity index (χ3v) is 3.96. The number of anilines is 1. The maximum Gasteiger partial charge on any atom is 0.0317 e. The van der Waals surface area contributed by atoms with E-state index >= 15 is 0 Å². The lowest BCUT2D eigenvalue weighted by Crippen LogP contribution is -2.43. The zero-order valence-electron chi connectivity index (χ0n) is 9.76. The molecule has 0 amide bonds. The second kappa shape index (κ2) is 3.75. The van der Waals surface area contributed by atoms with Gasteiger partial charge in [0, 0.05) is 37.4 Å². The van der Waals surface area contributed by atoms with Crippen molar-refractivity contribution in [3.05, 3.63) is 29.8 Å². The SMILES string of the molecule is CN1CC2CC1CN2Cc1cccc(N)c1. The lowest BCUT2D eigenvalue weighted by atomic mass is 10.1. The van der Waals surface area contributed by atoms with Crippen LogP contribution in [-0.2, 0) is 6.54 Å². The zero-order valence-corrected chi connectivity index (χ0v) is 9.76. The fourth-order valence-corrected chi connectivity index (χ4v) is 3.07. The summed E-state index contributed by atoms with van der Waals surface area (Å²) in [5, 5.41) is 0. The number of nitrogens with zero attached hydrogens (tertiary/aromatic N) is 2. The third-order valence-electron chi connectivity index (χ3n) is 3.96. The molecule has 2 atom stereocenters. The summed E-state index contributed by atoms with van der Waals surface area (Å²) in [6.45, 7) is 3.50. The summed E-state index contributed by atoms with van der Waals surface area (Å²) in [7, 11) is 2.24. The second-order valence-corrected chi connectivity index (χ2v) is 5.16. The van der Waals surface area contributed by atoms with Gasteiger partial charge < -0.3 is 10.6 Å². The number of fused-ring (bicyclic) bond motifs is 2. The molecule has 16 heavy (non-hydrogen) atoms. The lowest BCUT2D eigenvalue weighted by Gasteiger charge is -2.31. The van der Waals surface area contributed by atoms with Crippen molar-refractivity contribution in [2.45, 2.75) is 25.0 Å². The van der Waals surface area contributed by atoms with Gasteiger partial charge in [-0.15, -0.1) is 0 Å². The van der Waals surface area contributed by atoms with Gasteiger partial charge in [-0.1, -0.05) is 12.1 Å². The first-order chi connectivity index (χ1) is 7.72. The minimum atomic E-state index is 0.761. The summed E-state index contributed by atoms with van der Waals surface area (Å²) < 4.78 is 0. The molecule has 3 nitrogen and oxygen atoms in total. The van der Waals surface area contributed by atoms with Crippen LogP contribution >= 0.6 is 0 Å². The van der Waals surface area contributed by atoms with Crippen molar-refractivity contribution < 1.29 is 0 Å². The van der Waals surface area contributed by atoms with Gasteiger partial charge >= 0.3 is 0 Å². The molecule has 3 heteroatoms. The normalized spacial score (nSPS) is 30.1. The van der Waals surface area contributed by atoms with Gasteiger partial charge in [-0.05, 0) is 31.2 Å². The summed E-state index contributed by atoms with van der Waals surface area (Å²) in [4.78, 5) is 5.08. The average molecular weight is 217 g/mol. The Morgan fingerprint density at radius 3 is 2.81 bits per heavy atom. The highest BCUT2D eigenvalue weighted by molar-refractivity contribution is 5.40. The number of likely N-dealkylation sites (N-methyl/N-ethyl adjacent to an activating group) is 1. The molecular weight excluding hydrogens is 198 g/mol. The highest BCUT2D eigenvalue weighted by Gasteiger charge is 2.40. The van der Waals surface area contributed by atoms with E-state index < -0.39 is 0 Å². The molecule has 2 saturated heterocycles. The van der Waals surface area contributed by atoms with Crippen molar-refractivity contribution in [1.82, 2.24) is 9.80 Å². The van der Waals surface area contributed by atoms with Gasteiger partial charge in [0.1, 0.15) is 0 Å². The molecule has 3 rings (SSSR count). The Morgan fingerprint density at radius 2 is 2.19 bits per heavy atom. The van der Waals surface area contributed by atoms with E-state index in [1.54, 1.807) is 0 Å². The van der Waals surface area contributed by atoms with E-state index in [4.69, 9.17) is 5.73 Å². The first kappa shape index (κ1) is 10.1. The number of likely N-dealkylation sites (tertiary alicyclic amines) is 2. The number of rotatable bonds is 2. The van der Waals surface area contributed by atoms with Crippen LogP contribution in [0, 0.1) is 0 Å². The van der Waals surface area contributed by atoms with Crippen LogP contribution in [0.2, 0.25) is 0 Å². The predicted octanol–water partition coefficient (Wildman–Crippen LogP) is 1.16. The molecule has 2 fully saturated rings. The molecular formula is C13H19N3. The highest BCUT2D eigenvalue weighted by Crippen LogP contribution is 2.30. The van der Waals surface area contributed by atoms with E-state index in [1.165, 1.54) is 25.1 Å². The van der Waals surface area contributed by atoms with Gasteiger partial charge in [0.15, 0.2) is 0 Å². The Hall–Kier alpha value is -1.06. The van der Waals surface area contributed by atoms with E-state index in [9.17, 15) is 0 Å². The Balaban J connectivity index is 1.69. The van der Waals surface area contributed by atoms with Crippen LogP contribution < -0.4 is 5.73 Å². The van der Waals surface area contributed by atoms with Crippen LogP contribution in [0.15, 0.2) is 24.3 Å². The number of piperazine rings is 1. The van der Waals surface area contributed by atoms with Crippen molar-refractivity contribution in [1.29, 1.82) is 0 Å². The standard InChI is InChI=1S/C13H19N3/c1-15-8-13-6-12(15)9-16(13)7-10-3-2-4-11(14)5-10/h2-5,12-13H,6-9,14H2,1H3. The van der Waals surface area contributed by atoms with E-state index in [0.717, 1.165) is 24.3 Å². The van der Waals surface area contributed by atoms with Crippen molar-refractivity contribution in [2.75, 3.05) is 25.9 Å². The molecule has 1 aromatic carbocycles. The number of hydrogen-bond acceptors (Lipinski definition) is 3. The third kappa shape index (κ3) is 1.70. The quantitative estimate of drug-likeness (QED) is 0.754. The summed E-state index contributed by atoms with van der Waals surface area (Å²) in [6.07, 6.45) is 1.35. The molecule has 1 aromatic rings. The van der Waals surface area contributed by atoms with E-state index in [-0.39, 0.29) is 0 Å². The second-order valence-electron chi connectivity index (χ2n) is 5.16. The summed E-state index contributed by atoms with van der Waals surface area (Å²) >= 11 is 0. The van der Waals surface area contributed by atoms with Gasteiger partial charge in [-0.2, -0.15) is 0 Å². The van der Waals surface area contributed by atoms with Gasteiger partial charge in [0.25, 0.3) is 0 Å². The molecule has 0 aromatic heterocycles. The molecule has 0 radical (unpaired) electrons. The topological polar surface area (TPSA) is 32.5 Å². The Labute approximate surface area is 96.8 Å². The Kier molecular flexibility index (Phi) is 2.37. The predicted molar refractivity (Wildman–Crippen MR) is 66.1 cm³/mol. The van der Waals surface area contributed by atoms with Crippen molar-refractivity contribution in [3.8, 4) is 0 Å². The molecule has 2 aliphatic heterocycles. The van der Waals surface area contributed by atoms with Gasteiger partial charge in [-0.3, -0.25) is 4.90 Å². The molecule has 86 valence electrons. The van der Waals surface area contributed by atoms with E-state index in [0.29, 0.717) is 0 Å². The van der Waals surface area contributed by atoms with Gasteiger partial charge in [0.05, 0.1) is 0 Å². The monoisotopic (exact) mass is 217 g/mol. The van der Waals surface area contributed by atoms with Gasteiger partial charge in [0.2, 0.25) is 0 Å². The minimum Gasteiger partial charge on any atom is -0.399 e. The lowest BCUT2D eigenvalue weighted by molar-refractivity contribution is 0.143. The number of benzene rings is 1. The van der Waals surface area contributed by atoms with E-state index in [1.807, 2.05) is 12.1 Å². The molecule has 2 N–H and O–H groups in total. The highest BCUT2D eigenvalue weighted by atomic mass is 15.3. The first-order valence-electron chi connectivity index (χ1n) is 6.01.